The maximum Gasteiger partial charge on any atom is 0.222 e. The van der Waals surface area contributed by atoms with E-state index in [2.05, 4.69) is 26.1 Å². The van der Waals surface area contributed by atoms with E-state index in [0.29, 0.717) is 12.3 Å². The average Bonchev–Trinajstić information content (AvgIpc) is 2.37. The molecule has 2 saturated heterocycles. The third-order valence-electron chi connectivity index (χ3n) is 4.25. The number of carbonyl (C=O) groups is 1. The molecule has 4 heteroatoms. The van der Waals surface area contributed by atoms with Crippen molar-refractivity contribution >= 4 is 5.91 Å². The van der Waals surface area contributed by atoms with Crippen LogP contribution in [0.5, 0.6) is 0 Å². The molecule has 0 radical (unpaired) electrons. The van der Waals surface area contributed by atoms with Gasteiger partial charge in [0.2, 0.25) is 5.91 Å². The quantitative estimate of drug-likeness (QED) is 0.830. The van der Waals surface area contributed by atoms with Crippen molar-refractivity contribution in [3.05, 3.63) is 0 Å². The van der Waals surface area contributed by atoms with E-state index in [0.717, 1.165) is 52.0 Å². The Morgan fingerprint density at radius 3 is 2.53 bits per heavy atom. The highest BCUT2D eigenvalue weighted by atomic mass is 16.5. The van der Waals surface area contributed by atoms with Gasteiger partial charge in [0.05, 0.1) is 12.2 Å². The van der Waals surface area contributed by atoms with E-state index >= 15 is 0 Å². The van der Waals surface area contributed by atoms with Gasteiger partial charge in [0.15, 0.2) is 0 Å². The number of morpholine rings is 1. The molecule has 0 atom stereocenters. The molecule has 0 aromatic rings. The van der Waals surface area contributed by atoms with Crippen LogP contribution in [0, 0.1) is 5.41 Å². The zero-order valence-electron chi connectivity index (χ0n) is 12.6. The normalized spacial score (nSPS) is 23.6. The minimum atomic E-state index is -0.000935. The van der Waals surface area contributed by atoms with Crippen molar-refractivity contribution in [1.29, 1.82) is 0 Å². The minimum absolute atomic E-state index is 0.000935. The molecule has 1 N–H and O–H groups in total. The van der Waals surface area contributed by atoms with E-state index in [4.69, 9.17) is 4.74 Å². The molecule has 1 spiro atoms. The fourth-order valence-electron chi connectivity index (χ4n) is 2.83. The van der Waals surface area contributed by atoms with E-state index in [1.165, 1.54) is 0 Å². The summed E-state index contributed by atoms with van der Waals surface area (Å²) < 4.78 is 5.95. The van der Waals surface area contributed by atoms with Crippen molar-refractivity contribution < 1.29 is 9.53 Å². The number of carbonyl (C=O) groups excluding carboxylic acids is 1. The van der Waals surface area contributed by atoms with Crippen LogP contribution in [0.15, 0.2) is 0 Å². The fraction of sp³-hybridized carbons (Fsp3) is 0.933. The molecule has 2 rings (SSSR count). The topological polar surface area (TPSA) is 41.6 Å². The Kier molecular flexibility index (Phi) is 4.51. The Labute approximate surface area is 116 Å². The van der Waals surface area contributed by atoms with Crippen LogP contribution in [-0.2, 0) is 9.53 Å². The first-order valence-corrected chi connectivity index (χ1v) is 7.53. The number of hydrogen-bond donors (Lipinski definition) is 1. The maximum atomic E-state index is 12.2. The van der Waals surface area contributed by atoms with E-state index in [9.17, 15) is 4.79 Å². The SMILES string of the molecule is CC(C)(C)CCC(=O)N1CCC2(CC1)CNCCO2. The van der Waals surface area contributed by atoms with Gasteiger partial charge in [-0.25, -0.2) is 0 Å². The summed E-state index contributed by atoms with van der Waals surface area (Å²) in [6, 6.07) is 0. The highest BCUT2D eigenvalue weighted by Gasteiger charge is 2.38. The van der Waals surface area contributed by atoms with Crippen molar-refractivity contribution in [3.8, 4) is 0 Å². The van der Waals surface area contributed by atoms with Crippen LogP contribution in [0.3, 0.4) is 0 Å². The van der Waals surface area contributed by atoms with Crippen LogP contribution in [0.4, 0.5) is 0 Å². The molecule has 2 aliphatic heterocycles. The van der Waals surface area contributed by atoms with Crippen LogP contribution >= 0.6 is 0 Å². The molecular formula is C15H28N2O2. The first-order valence-electron chi connectivity index (χ1n) is 7.53. The van der Waals surface area contributed by atoms with E-state index in [1.807, 2.05) is 4.90 Å². The molecule has 0 bridgehead atoms. The third kappa shape index (κ3) is 4.18. The summed E-state index contributed by atoms with van der Waals surface area (Å²) in [4.78, 5) is 14.2. The highest BCUT2D eigenvalue weighted by molar-refractivity contribution is 5.76. The molecule has 4 nitrogen and oxygen atoms in total. The lowest BCUT2D eigenvalue weighted by molar-refractivity contribution is -0.141. The summed E-state index contributed by atoms with van der Waals surface area (Å²) in [6.45, 7) is 11.0. The largest absolute Gasteiger partial charge is 0.372 e. The first kappa shape index (κ1) is 14.8. The lowest BCUT2D eigenvalue weighted by atomic mass is 9.88. The van der Waals surface area contributed by atoms with Crippen LogP contribution in [0.25, 0.3) is 0 Å². The monoisotopic (exact) mass is 268 g/mol. The lowest BCUT2D eigenvalue weighted by Gasteiger charge is -2.44. The van der Waals surface area contributed by atoms with Crippen molar-refractivity contribution in [3.63, 3.8) is 0 Å². The second-order valence-corrected chi connectivity index (χ2v) is 7.15. The van der Waals surface area contributed by atoms with Crippen LogP contribution in [0.2, 0.25) is 0 Å². The van der Waals surface area contributed by atoms with Gasteiger partial charge in [-0.3, -0.25) is 4.79 Å². The summed E-state index contributed by atoms with van der Waals surface area (Å²) in [5, 5.41) is 3.41. The van der Waals surface area contributed by atoms with Gasteiger partial charge >= 0.3 is 0 Å². The number of piperidine rings is 1. The molecule has 2 fully saturated rings. The van der Waals surface area contributed by atoms with Gasteiger partial charge in [-0.1, -0.05) is 20.8 Å². The fourth-order valence-corrected chi connectivity index (χ4v) is 2.83. The average molecular weight is 268 g/mol. The van der Waals surface area contributed by atoms with E-state index in [1.54, 1.807) is 0 Å². The minimum Gasteiger partial charge on any atom is -0.372 e. The molecule has 2 heterocycles. The number of hydrogen-bond acceptors (Lipinski definition) is 3. The summed E-state index contributed by atoms with van der Waals surface area (Å²) in [5.74, 6) is 0.313. The van der Waals surface area contributed by atoms with Crippen molar-refractivity contribution in [2.75, 3.05) is 32.8 Å². The summed E-state index contributed by atoms with van der Waals surface area (Å²) in [5.41, 5.74) is 0.238. The number of nitrogens with zero attached hydrogens (tertiary/aromatic N) is 1. The molecule has 19 heavy (non-hydrogen) atoms. The van der Waals surface area contributed by atoms with Crippen LogP contribution < -0.4 is 5.32 Å². The molecule has 2 aliphatic rings. The van der Waals surface area contributed by atoms with Gasteiger partial charge in [-0.2, -0.15) is 0 Å². The number of rotatable bonds is 2. The number of nitrogens with one attached hydrogen (secondary N) is 1. The van der Waals surface area contributed by atoms with Gasteiger partial charge in [0, 0.05) is 32.6 Å². The van der Waals surface area contributed by atoms with E-state index < -0.39 is 0 Å². The molecule has 1 amide bonds. The summed E-state index contributed by atoms with van der Waals surface area (Å²) >= 11 is 0. The molecule has 0 saturated carbocycles. The van der Waals surface area contributed by atoms with Crippen molar-refractivity contribution in [2.45, 2.75) is 52.1 Å². The Hall–Kier alpha value is -0.610. The molecule has 0 aromatic carbocycles. The second-order valence-electron chi connectivity index (χ2n) is 7.15. The lowest BCUT2D eigenvalue weighted by Crippen LogP contribution is -2.56. The van der Waals surface area contributed by atoms with Gasteiger partial charge in [0.25, 0.3) is 0 Å². The summed E-state index contributed by atoms with van der Waals surface area (Å²) in [7, 11) is 0. The van der Waals surface area contributed by atoms with E-state index in [-0.39, 0.29) is 11.0 Å². The zero-order chi connectivity index (χ0) is 13.9. The van der Waals surface area contributed by atoms with Gasteiger partial charge in [0.1, 0.15) is 0 Å². The standard InChI is InChI=1S/C15H28N2O2/c1-14(2,3)5-4-13(18)17-9-6-15(7-10-17)12-16-8-11-19-15/h16H,4-12H2,1-3H3. The van der Waals surface area contributed by atoms with Crippen LogP contribution in [-0.4, -0.2) is 49.2 Å². The van der Waals surface area contributed by atoms with Crippen molar-refractivity contribution in [2.24, 2.45) is 5.41 Å². The number of likely N-dealkylation sites (tertiary alicyclic amines) is 1. The Balaban J connectivity index is 1.77. The molecular weight excluding hydrogens is 240 g/mol. The smallest absolute Gasteiger partial charge is 0.222 e. The second kappa shape index (κ2) is 5.80. The highest BCUT2D eigenvalue weighted by Crippen LogP contribution is 2.28. The van der Waals surface area contributed by atoms with Crippen molar-refractivity contribution in [1.82, 2.24) is 10.2 Å². The van der Waals surface area contributed by atoms with Gasteiger partial charge in [-0.05, 0) is 24.7 Å². The first-order chi connectivity index (χ1) is 8.90. The molecule has 110 valence electrons. The maximum absolute atomic E-state index is 12.2. The Morgan fingerprint density at radius 1 is 1.32 bits per heavy atom. The Bertz CT molecular complexity index is 307. The molecule has 0 aliphatic carbocycles. The molecule has 0 unspecified atom stereocenters. The predicted octanol–water partition coefficient (Wildman–Crippen LogP) is 1.79. The van der Waals surface area contributed by atoms with Gasteiger partial charge < -0.3 is 15.0 Å². The Morgan fingerprint density at radius 2 is 2.00 bits per heavy atom. The zero-order valence-corrected chi connectivity index (χ0v) is 12.6. The number of amides is 1. The number of ether oxygens (including phenoxy) is 1. The predicted molar refractivity (Wildman–Crippen MR) is 76.1 cm³/mol. The van der Waals surface area contributed by atoms with Gasteiger partial charge in [-0.15, -0.1) is 0 Å². The third-order valence-corrected chi connectivity index (χ3v) is 4.25. The molecule has 0 aromatic heterocycles. The summed E-state index contributed by atoms with van der Waals surface area (Å²) in [6.07, 6.45) is 3.59. The van der Waals surface area contributed by atoms with Crippen LogP contribution in [0.1, 0.15) is 46.5 Å².